The number of benzene rings is 2. The predicted molar refractivity (Wildman–Crippen MR) is 76.0 cm³/mol. The van der Waals surface area contributed by atoms with E-state index in [4.69, 9.17) is 4.74 Å². The second-order valence-electron chi connectivity index (χ2n) is 4.62. The number of rotatable bonds is 6. The summed E-state index contributed by atoms with van der Waals surface area (Å²) in [7, 11) is 1.58. The van der Waals surface area contributed by atoms with Crippen molar-refractivity contribution in [2.45, 2.75) is 12.6 Å². The normalized spacial score (nSPS) is 12.2. The summed E-state index contributed by atoms with van der Waals surface area (Å²) in [6.07, 6.45) is -1.12. The number of hydrogen-bond donors (Lipinski definition) is 2. The van der Waals surface area contributed by atoms with Gasteiger partial charge in [-0.3, -0.25) is 0 Å². The Balaban J connectivity index is 1.95. The number of methoxy groups -OCH3 is 1. The van der Waals surface area contributed by atoms with E-state index in [0.717, 1.165) is 29.5 Å². The summed E-state index contributed by atoms with van der Waals surface area (Å²) in [5.74, 6) is -0.463. The van der Waals surface area contributed by atoms with E-state index in [1.54, 1.807) is 7.11 Å². The molecule has 0 fully saturated rings. The zero-order valence-corrected chi connectivity index (χ0v) is 11.6. The molecule has 0 aliphatic rings. The molecule has 2 aromatic rings. The second-order valence-corrected chi connectivity index (χ2v) is 4.62. The fraction of sp³-hybridized carbons (Fsp3) is 0.250. The molecule has 2 N–H and O–H groups in total. The van der Waals surface area contributed by atoms with Crippen LogP contribution in [0.15, 0.2) is 42.5 Å². The standard InChI is InChI=1S/C16H17F2NO2/c1-21-16-5-3-2-4-11(16)9-19-10-15(20)13-8-12(17)6-7-14(13)18/h2-8,15,19-20H,9-10H2,1H3. The maximum atomic E-state index is 13.5. The van der Waals surface area contributed by atoms with Crippen LogP contribution in [0.3, 0.4) is 0 Å². The van der Waals surface area contributed by atoms with Crippen molar-refractivity contribution in [1.82, 2.24) is 5.32 Å². The van der Waals surface area contributed by atoms with Gasteiger partial charge in [0, 0.05) is 24.2 Å². The van der Waals surface area contributed by atoms with Crippen LogP contribution in [0.5, 0.6) is 5.75 Å². The Bertz CT molecular complexity index is 605. The highest BCUT2D eigenvalue weighted by molar-refractivity contribution is 5.33. The van der Waals surface area contributed by atoms with Crippen molar-refractivity contribution >= 4 is 0 Å². The van der Waals surface area contributed by atoms with Crippen LogP contribution in [-0.2, 0) is 6.54 Å². The summed E-state index contributed by atoms with van der Waals surface area (Å²) in [4.78, 5) is 0. The minimum absolute atomic E-state index is 0.0532. The third-order valence-electron chi connectivity index (χ3n) is 3.16. The molecule has 1 atom stereocenters. The summed E-state index contributed by atoms with van der Waals surface area (Å²) < 4.78 is 31.8. The number of ether oxygens (including phenoxy) is 1. The maximum Gasteiger partial charge on any atom is 0.129 e. The SMILES string of the molecule is COc1ccccc1CNCC(O)c1cc(F)ccc1F. The minimum atomic E-state index is -1.12. The molecule has 1 unspecified atom stereocenters. The molecule has 2 rings (SSSR count). The molecule has 112 valence electrons. The molecule has 21 heavy (non-hydrogen) atoms. The molecule has 0 bridgehead atoms. The molecule has 0 heterocycles. The van der Waals surface area contributed by atoms with Gasteiger partial charge < -0.3 is 15.2 Å². The van der Waals surface area contributed by atoms with Crippen LogP contribution >= 0.6 is 0 Å². The third kappa shape index (κ3) is 4.00. The van der Waals surface area contributed by atoms with Gasteiger partial charge in [-0.15, -0.1) is 0 Å². The minimum Gasteiger partial charge on any atom is -0.496 e. The van der Waals surface area contributed by atoms with Crippen LogP contribution in [0.4, 0.5) is 8.78 Å². The number of hydrogen-bond acceptors (Lipinski definition) is 3. The van der Waals surface area contributed by atoms with Crippen molar-refractivity contribution in [1.29, 1.82) is 0 Å². The van der Waals surface area contributed by atoms with Gasteiger partial charge in [-0.2, -0.15) is 0 Å². The van der Waals surface area contributed by atoms with Crippen LogP contribution in [0.2, 0.25) is 0 Å². The largest absolute Gasteiger partial charge is 0.496 e. The highest BCUT2D eigenvalue weighted by Crippen LogP contribution is 2.19. The van der Waals surface area contributed by atoms with Crippen LogP contribution in [-0.4, -0.2) is 18.8 Å². The molecule has 0 spiro atoms. The Morgan fingerprint density at radius 1 is 1.19 bits per heavy atom. The molecule has 5 heteroatoms. The molecular weight excluding hydrogens is 276 g/mol. The van der Waals surface area contributed by atoms with Gasteiger partial charge >= 0.3 is 0 Å². The summed E-state index contributed by atoms with van der Waals surface area (Å²) >= 11 is 0. The van der Waals surface area contributed by atoms with E-state index >= 15 is 0 Å². The van der Waals surface area contributed by atoms with Crippen LogP contribution in [0.25, 0.3) is 0 Å². The van der Waals surface area contributed by atoms with E-state index in [2.05, 4.69) is 5.32 Å². The molecule has 0 saturated heterocycles. The number of halogens is 2. The first-order chi connectivity index (χ1) is 10.1. The fourth-order valence-corrected chi connectivity index (χ4v) is 2.07. The molecular formula is C16H17F2NO2. The van der Waals surface area contributed by atoms with Crippen molar-refractivity contribution in [2.75, 3.05) is 13.7 Å². The lowest BCUT2D eigenvalue weighted by molar-refractivity contribution is 0.169. The Kier molecular flexibility index (Phi) is 5.25. The van der Waals surface area contributed by atoms with Gasteiger partial charge in [0.1, 0.15) is 17.4 Å². The Morgan fingerprint density at radius 2 is 1.95 bits per heavy atom. The lowest BCUT2D eigenvalue weighted by Gasteiger charge is -2.14. The van der Waals surface area contributed by atoms with Crippen molar-refractivity contribution < 1.29 is 18.6 Å². The lowest BCUT2D eigenvalue weighted by Crippen LogP contribution is -2.22. The van der Waals surface area contributed by atoms with Crippen molar-refractivity contribution in [3.8, 4) is 5.75 Å². The number of aliphatic hydroxyl groups excluding tert-OH is 1. The van der Waals surface area contributed by atoms with Crippen LogP contribution in [0, 0.1) is 11.6 Å². The second kappa shape index (κ2) is 7.15. The van der Waals surface area contributed by atoms with Crippen LogP contribution < -0.4 is 10.1 Å². The Labute approximate surface area is 122 Å². The van der Waals surface area contributed by atoms with Gasteiger partial charge in [-0.05, 0) is 24.3 Å². The van der Waals surface area contributed by atoms with Crippen molar-refractivity contribution in [3.63, 3.8) is 0 Å². The van der Waals surface area contributed by atoms with E-state index < -0.39 is 17.7 Å². The number of para-hydroxylation sites is 1. The number of nitrogens with one attached hydrogen (secondary N) is 1. The van der Waals surface area contributed by atoms with E-state index in [-0.39, 0.29) is 12.1 Å². The topological polar surface area (TPSA) is 41.5 Å². The average Bonchev–Trinajstić information content (AvgIpc) is 2.50. The summed E-state index contributed by atoms with van der Waals surface area (Å²) in [5, 5.41) is 12.9. The average molecular weight is 293 g/mol. The van der Waals surface area contributed by atoms with E-state index in [1.807, 2.05) is 24.3 Å². The Hall–Kier alpha value is -1.98. The van der Waals surface area contributed by atoms with E-state index in [1.165, 1.54) is 0 Å². The van der Waals surface area contributed by atoms with Crippen molar-refractivity contribution in [2.24, 2.45) is 0 Å². The molecule has 0 amide bonds. The first-order valence-corrected chi connectivity index (χ1v) is 6.57. The summed E-state index contributed by atoms with van der Waals surface area (Å²) in [5.41, 5.74) is 0.870. The zero-order valence-electron chi connectivity index (χ0n) is 11.6. The summed E-state index contributed by atoms with van der Waals surface area (Å²) in [6, 6.07) is 10.5. The highest BCUT2D eigenvalue weighted by Gasteiger charge is 2.13. The molecule has 0 aromatic heterocycles. The van der Waals surface area contributed by atoms with Crippen molar-refractivity contribution in [3.05, 3.63) is 65.2 Å². The van der Waals surface area contributed by atoms with Crippen LogP contribution in [0.1, 0.15) is 17.2 Å². The van der Waals surface area contributed by atoms with Gasteiger partial charge in [-0.25, -0.2) is 8.78 Å². The molecule has 0 aliphatic heterocycles. The van der Waals surface area contributed by atoms with Gasteiger partial charge in [0.05, 0.1) is 13.2 Å². The molecule has 0 radical (unpaired) electrons. The molecule has 0 saturated carbocycles. The van der Waals surface area contributed by atoms with E-state index in [9.17, 15) is 13.9 Å². The quantitative estimate of drug-likeness (QED) is 0.860. The maximum absolute atomic E-state index is 13.5. The fourth-order valence-electron chi connectivity index (χ4n) is 2.07. The first-order valence-electron chi connectivity index (χ1n) is 6.57. The van der Waals surface area contributed by atoms with Gasteiger partial charge in [-0.1, -0.05) is 18.2 Å². The molecule has 2 aromatic carbocycles. The zero-order chi connectivity index (χ0) is 15.2. The van der Waals surface area contributed by atoms with Gasteiger partial charge in [0.25, 0.3) is 0 Å². The molecule has 0 aliphatic carbocycles. The Morgan fingerprint density at radius 3 is 2.71 bits per heavy atom. The lowest BCUT2D eigenvalue weighted by atomic mass is 10.1. The van der Waals surface area contributed by atoms with E-state index in [0.29, 0.717) is 6.54 Å². The monoisotopic (exact) mass is 293 g/mol. The number of aliphatic hydroxyl groups is 1. The highest BCUT2D eigenvalue weighted by atomic mass is 19.1. The predicted octanol–water partition coefficient (Wildman–Crippen LogP) is 2.80. The first kappa shape index (κ1) is 15.4. The van der Waals surface area contributed by atoms with Gasteiger partial charge in [0.15, 0.2) is 0 Å². The summed E-state index contributed by atoms with van der Waals surface area (Å²) in [6.45, 7) is 0.566. The van der Waals surface area contributed by atoms with Gasteiger partial charge in [0.2, 0.25) is 0 Å². The third-order valence-corrected chi connectivity index (χ3v) is 3.16. The molecule has 3 nitrogen and oxygen atoms in total. The smallest absolute Gasteiger partial charge is 0.129 e.